The Hall–Kier alpha value is -0.740. The van der Waals surface area contributed by atoms with Crippen LogP contribution in [0.4, 0.5) is 0 Å². The fourth-order valence-electron chi connectivity index (χ4n) is 0.763. The molecule has 0 atom stereocenters. The van der Waals surface area contributed by atoms with Crippen LogP contribution in [0.3, 0.4) is 0 Å². The molecule has 0 unspecified atom stereocenters. The zero-order valence-electron chi connectivity index (χ0n) is 6.56. The summed E-state index contributed by atoms with van der Waals surface area (Å²) < 4.78 is 0. The van der Waals surface area contributed by atoms with Crippen LogP contribution in [0.5, 0.6) is 0 Å². The third-order valence-corrected chi connectivity index (χ3v) is 1.35. The predicted octanol–water partition coefficient (Wildman–Crippen LogP) is 1.69. The van der Waals surface area contributed by atoms with Gasteiger partial charge in [0.2, 0.25) is 0 Å². The molecule has 0 radical (unpaired) electrons. The molecule has 0 aromatic heterocycles. The maximum atomic E-state index is 5.33. The second kappa shape index (κ2) is 6.38. The van der Waals surface area contributed by atoms with Gasteiger partial charge in [0.05, 0.1) is 0 Å². The normalized spacial score (nSPS) is 11.1. The maximum Gasteiger partial charge on any atom is -0.00772 e. The highest BCUT2D eigenvalue weighted by atomic mass is 14.5. The van der Waals surface area contributed by atoms with Gasteiger partial charge in [-0.25, -0.2) is 0 Å². The van der Waals surface area contributed by atoms with E-state index in [1.807, 2.05) is 6.08 Å². The molecule has 0 fully saturated rings. The van der Waals surface area contributed by atoms with Gasteiger partial charge < -0.3 is 5.73 Å². The second-order valence-corrected chi connectivity index (χ2v) is 2.40. The van der Waals surface area contributed by atoms with Crippen molar-refractivity contribution in [3.8, 4) is 12.3 Å². The van der Waals surface area contributed by atoms with E-state index in [-0.39, 0.29) is 0 Å². The molecule has 10 heavy (non-hydrogen) atoms. The van der Waals surface area contributed by atoms with Crippen molar-refractivity contribution >= 4 is 0 Å². The highest BCUT2D eigenvalue weighted by Crippen LogP contribution is 2.04. The summed E-state index contributed by atoms with van der Waals surface area (Å²) in [7, 11) is 0. The first kappa shape index (κ1) is 9.26. The Kier molecular flexibility index (Phi) is 5.91. The lowest BCUT2D eigenvalue weighted by molar-refractivity contribution is 0.740. The molecule has 0 heterocycles. The smallest absolute Gasteiger partial charge is 0.00772 e. The zero-order chi connectivity index (χ0) is 7.82. The molecule has 0 saturated carbocycles. The second-order valence-electron chi connectivity index (χ2n) is 2.40. The molecule has 0 bridgehead atoms. The minimum absolute atomic E-state index is 0.781. The number of hydrogen-bond donors (Lipinski definition) is 1. The topological polar surface area (TPSA) is 26.0 Å². The molecule has 0 amide bonds. The fraction of sp³-hybridized carbons (Fsp3) is 0.556. The lowest BCUT2D eigenvalue weighted by Crippen LogP contribution is -1.97. The van der Waals surface area contributed by atoms with Crippen LogP contribution in [-0.4, -0.2) is 6.54 Å². The van der Waals surface area contributed by atoms with Crippen LogP contribution in [0.15, 0.2) is 11.6 Å². The van der Waals surface area contributed by atoms with Crippen molar-refractivity contribution in [2.45, 2.75) is 26.2 Å². The standard InChI is InChI=1S/C9H15N/c1-3-6-9(2)7-4-5-8-10/h1,6H,4-5,7-8,10H2,2H3/b9-6+. The highest BCUT2D eigenvalue weighted by molar-refractivity contribution is 5.15. The number of hydrogen-bond acceptors (Lipinski definition) is 1. The fourth-order valence-corrected chi connectivity index (χ4v) is 0.763. The van der Waals surface area contributed by atoms with Gasteiger partial charge in [0.1, 0.15) is 0 Å². The summed E-state index contributed by atoms with van der Waals surface area (Å²) in [5, 5.41) is 0. The van der Waals surface area contributed by atoms with E-state index in [0.29, 0.717) is 0 Å². The molecule has 0 aliphatic carbocycles. The first-order valence-corrected chi connectivity index (χ1v) is 3.63. The number of nitrogens with two attached hydrogens (primary N) is 1. The van der Waals surface area contributed by atoms with Gasteiger partial charge in [-0.2, -0.15) is 0 Å². The van der Waals surface area contributed by atoms with Crippen molar-refractivity contribution in [1.82, 2.24) is 0 Å². The van der Waals surface area contributed by atoms with Gasteiger partial charge in [0, 0.05) is 0 Å². The van der Waals surface area contributed by atoms with Crippen molar-refractivity contribution in [1.29, 1.82) is 0 Å². The quantitative estimate of drug-likeness (QED) is 0.463. The molecule has 0 aromatic rings. The molecule has 56 valence electrons. The van der Waals surface area contributed by atoms with E-state index in [0.717, 1.165) is 25.8 Å². The lowest BCUT2D eigenvalue weighted by Gasteiger charge is -1.96. The first-order valence-electron chi connectivity index (χ1n) is 3.63. The Morgan fingerprint density at radius 3 is 2.80 bits per heavy atom. The van der Waals surface area contributed by atoms with Gasteiger partial charge in [-0.3, -0.25) is 0 Å². The van der Waals surface area contributed by atoms with Crippen molar-refractivity contribution in [3.63, 3.8) is 0 Å². The van der Waals surface area contributed by atoms with Crippen LogP contribution in [0.25, 0.3) is 0 Å². The lowest BCUT2D eigenvalue weighted by atomic mass is 10.1. The molecule has 0 aliphatic rings. The number of terminal acetylenes is 1. The summed E-state index contributed by atoms with van der Waals surface area (Å²) in [6, 6.07) is 0. The summed E-state index contributed by atoms with van der Waals surface area (Å²) in [4.78, 5) is 0. The van der Waals surface area contributed by atoms with E-state index in [1.165, 1.54) is 5.57 Å². The molecule has 0 aromatic carbocycles. The van der Waals surface area contributed by atoms with Crippen LogP contribution in [0.2, 0.25) is 0 Å². The Balaban J connectivity index is 3.32. The maximum absolute atomic E-state index is 5.33. The molecule has 0 rings (SSSR count). The zero-order valence-corrected chi connectivity index (χ0v) is 6.56. The van der Waals surface area contributed by atoms with Crippen molar-refractivity contribution < 1.29 is 0 Å². The minimum Gasteiger partial charge on any atom is -0.330 e. The first-order chi connectivity index (χ1) is 4.81. The van der Waals surface area contributed by atoms with E-state index in [9.17, 15) is 0 Å². The third-order valence-electron chi connectivity index (χ3n) is 1.35. The molecule has 1 heteroatoms. The average molecular weight is 137 g/mol. The number of allylic oxidation sites excluding steroid dienone is 2. The van der Waals surface area contributed by atoms with Crippen LogP contribution in [0, 0.1) is 12.3 Å². The van der Waals surface area contributed by atoms with Gasteiger partial charge in [-0.05, 0) is 38.8 Å². The van der Waals surface area contributed by atoms with Gasteiger partial charge in [0.15, 0.2) is 0 Å². The SMILES string of the molecule is C#C/C=C(\C)CCCCN. The van der Waals surface area contributed by atoms with Crippen molar-refractivity contribution in [3.05, 3.63) is 11.6 Å². The Morgan fingerprint density at radius 1 is 1.60 bits per heavy atom. The molecular weight excluding hydrogens is 122 g/mol. The monoisotopic (exact) mass is 137 g/mol. The molecule has 2 N–H and O–H groups in total. The van der Waals surface area contributed by atoms with Crippen LogP contribution in [0.1, 0.15) is 26.2 Å². The number of unbranched alkanes of at least 4 members (excludes halogenated alkanes) is 1. The van der Waals surface area contributed by atoms with Crippen molar-refractivity contribution in [2.24, 2.45) is 5.73 Å². The van der Waals surface area contributed by atoms with Gasteiger partial charge >= 0.3 is 0 Å². The third kappa shape index (κ3) is 5.40. The Morgan fingerprint density at radius 2 is 2.30 bits per heavy atom. The largest absolute Gasteiger partial charge is 0.330 e. The van der Waals surface area contributed by atoms with Gasteiger partial charge in [0.25, 0.3) is 0 Å². The number of rotatable bonds is 4. The molecule has 0 saturated heterocycles. The highest BCUT2D eigenvalue weighted by Gasteiger charge is 1.87. The van der Waals surface area contributed by atoms with Crippen molar-refractivity contribution in [2.75, 3.05) is 6.54 Å². The van der Waals surface area contributed by atoms with Crippen LogP contribution < -0.4 is 5.73 Å². The summed E-state index contributed by atoms with van der Waals surface area (Å²) in [5.41, 5.74) is 6.60. The molecule has 0 spiro atoms. The van der Waals surface area contributed by atoms with E-state index in [2.05, 4.69) is 12.8 Å². The summed E-state index contributed by atoms with van der Waals surface area (Å²) in [6.07, 6.45) is 10.2. The predicted molar refractivity (Wildman–Crippen MR) is 45.5 cm³/mol. The summed E-state index contributed by atoms with van der Waals surface area (Å²) in [5.74, 6) is 2.50. The summed E-state index contributed by atoms with van der Waals surface area (Å²) in [6.45, 7) is 2.83. The van der Waals surface area contributed by atoms with Gasteiger partial charge in [-0.15, -0.1) is 6.42 Å². The van der Waals surface area contributed by atoms with E-state index < -0.39 is 0 Å². The molecule has 1 nitrogen and oxygen atoms in total. The Labute approximate surface area is 63.3 Å². The van der Waals surface area contributed by atoms with Gasteiger partial charge in [-0.1, -0.05) is 11.5 Å². The van der Waals surface area contributed by atoms with Crippen LogP contribution in [-0.2, 0) is 0 Å². The van der Waals surface area contributed by atoms with E-state index >= 15 is 0 Å². The summed E-state index contributed by atoms with van der Waals surface area (Å²) >= 11 is 0. The molecule has 0 aliphatic heterocycles. The average Bonchev–Trinajstić information content (AvgIpc) is 1.89. The minimum atomic E-state index is 0.781. The molecular formula is C9H15N. The van der Waals surface area contributed by atoms with E-state index in [4.69, 9.17) is 12.2 Å². The van der Waals surface area contributed by atoms with Crippen LogP contribution >= 0.6 is 0 Å². The Bertz CT molecular complexity index is 139. The van der Waals surface area contributed by atoms with E-state index in [1.54, 1.807) is 0 Å².